The van der Waals surface area contributed by atoms with Gasteiger partial charge in [-0.05, 0) is 48.4 Å². The minimum absolute atomic E-state index is 0.416. The van der Waals surface area contributed by atoms with E-state index in [2.05, 4.69) is 73.8 Å². The first-order chi connectivity index (χ1) is 10.3. The number of anilines is 1. The van der Waals surface area contributed by atoms with Crippen LogP contribution in [0, 0.1) is 19.8 Å². The fraction of sp³-hybridized carbons (Fsp3) is 0.300. The third-order valence-corrected chi connectivity index (χ3v) is 5.10. The SMILES string of the molecule is Cc1ccc(C)c2c1N[C@H](c1ccccc1)[C@@H]1CC=C[C@H]21. The Balaban J connectivity index is 1.86. The van der Waals surface area contributed by atoms with E-state index in [0.29, 0.717) is 17.9 Å². The number of hydrogen-bond acceptors (Lipinski definition) is 1. The number of fused-ring (bicyclic) bond motifs is 3. The van der Waals surface area contributed by atoms with E-state index in [1.54, 1.807) is 0 Å². The molecule has 2 aromatic carbocycles. The fourth-order valence-corrected chi connectivity index (χ4v) is 4.03. The average molecular weight is 275 g/mol. The van der Waals surface area contributed by atoms with E-state index >= 15 is 0 Å². The molecule has 1 aliphatic heterocycles. The summed E-state index contributed by atoms with van der Waals surface area (Å²) in [5.41, 5.74) is 7.05. The summed E-state index contributed by atoms with van der Waals surface area (Å²) < 4.78 is 0. The van der Waals surface area contributed by atoms with Crippen molar-refractivity contribution < 1.29 is 0 Å². The van der Waals surface area contributed by atoms with Crippen molar-refractivity contribution in [1.29, 1.82) is 0 Å². The maximum atomic E-state index is 3.85. The molecule has 106 valence electrons. The largest absolute Gasteiger partial charge is 0.377 e. The van der Waals surface area contributed by atoms with E-state index in [4.69, 9.17) is 0 Å². The first kappa shape index (κ1) is 12.7. The van der Waals surface area contributed by atoms with Crippen molar-refractivity contribution in [2.45, 2.75) is 32.2 Å². The first-order valence-electron chi connectivity index (χ1n) is 7.84. The lowest BCUT2D eigenvalue weighted by Gasteiger charge is -2.39. The maximum Gasteiger partial charge on any atom is 0.0554 e. The lowest BCUT2D eigenvalue weighted by Crippen LogP contribution is -2.30. The standard InChI is InChI=1S/C20H21N/c1-13-11-12-14(2)19-18(13)16-9-6-10-17(16)20(21-19)15-7-4-3-5-8-15/h3-9,11-12,16-17,20-21H,10H2,1-2H3/t16-,17+,20+/m0/s1. The molecule has 0 saturated carbocycles. The van der Waals surface area contributed by atoms with Gasteiger partial charge in [0.05, 0.1) is 6.04 Å². The second-order valence-corrected chi connectivity index (χ2v) is 6.37. The Kier molecular flexibility index (Phi) is 2.88. The zero-order valence-corrected chi connectivity index (χ0v) is 12.6. The van der Waals surface area contributed by atoms with Crippen molar-refractivity contribution in [2.24, 2.45) is 5.92 Å². The van der Waals surface area contributed by atoms with E-state index in [-0.39, 0.29) is 0 Å². The molecule has 1 nitrogen and oxygen atoms in total. The van der Waals surface area contributed by atoms with Crippen molar-refractivity contribution in [2.75, 3.05) is 5.32 Å². The van der Waals surface area contributed by atoms with Gasteiger partial charge in [0, 0.05) is 11.6 Å². The van der Waals surface area contributed by atoms with E-state index in [0.717, 1.165) is 0 Å². The number of rotatable bonds is 1. The lowest BCUT2D eigenvalue weighted by molar-refractivity contribution is 0.424. The monoisotopic (exact) mass is 275 g/mol. The maximum absolute atomic E-state index is 3.85. The Labute approximate surface area is 126 Å². The van der Waals surface area contributed by atoms with Crippen molar-refractivity contribution in [3.63, 3.8) is 0 Å². The molecule has 2 aliphatic rings. The van der Waals surface area contributed by atoms with Gasteiger partial charge in [0.2, 0.25) is 0 Å². The summed E-state index contributed by atoms with van der Waals surface area (Å²) in [7, 11) is 0. The van der Waals surface area contributed by atoms with Gasteiger partial charge < -0.3 is 5.32 Å². The van der Waals surface area contributed by atoms with Crippen LogP contribution in [0.4, 0.5) is 5.69 Å². The molecule has 21 heavy (non-hydrogen) atoms. The third-order valence-electron chi connectivity index (χ3n) is 5.10. The molecule has 0 aromatic heterocycles. The van der Waals surface area contributed by atoms with Crippen LogP contribution < -0.4 is 5.32 Å². The summed E-state index contributed by atoms with van der Waals surface area (Å²) in [4.78, 5) is 0. The Morgan fingerprint density at radius 3 is 2.52 bits per heavy atom. The van der Waals surface area contributed by atoms with Gasteiger partial charge >= 0.3 is 0 Å². The molecule has 2 aromatic rings. The fourth-order valence-electron chi connectivity index (χ4n) is 4.03. The molecule has 0 spiro atoms. The molecule has 1 heteroatoms. The van der Waals surface area contributed by atoms with Crippen LogP contribution in [-0.4, -0.2) is 0 Å². The molecule has 1 N–H and O–H groups in total. The second kappa shape index (κ2) is 4.77. The molecule has 0 unspecified atom stereocenters. The number of nitrogens with one attached hydrogen (secondary N) is 1. The molecule has 0 saturated heterocycles. The molecule has 1 aliphatic carbocycles. The Morgan fingerprint density at radius 1 is 0.952 bits per heavy atom. The molecule has 0 radical (unpaired) electrons. The van der Waals surface area contributed by atoms with Gasteiger partial charge in [-0.1, -0.05) is 54.6 Å². The molecular formula is C20H21N. The molecule has 0 fully saturated rings. The number of aryl methyl sites for hydroxylation is 2. The molecule has 4 rings (SSSR count). The topological polar surface area (TPSA) is 12.0 Å². The minimum atomic E-state index is 0.416. The molecule has 0 bridgehead atoms. The summed E-state index contributed by atoms with van der Waals surface area (Å²) >= 11 is 0. The number of allylic oxidation sites excluding steroid dienone is 2. The van der Waals surface area contributed by atoms with Crippen molar-refractivity contribution in [1.82, 2.24) is 0 Å². The highest BCUT2D eigenvalue weighted by Gasteiger charge is 2.38. The summed E-state index contributed by atoms with van der Waals surface area (Å²) in [6, 6.07) is 15.8. The van der Waals surface area contributed by atoms with Crippen LogP contribution in [0.3, 0.4) is 0 Å². The second-order valence-electron chi connectivity index (χ2n) is 6.37. The zero-order valence-electron chi connectivity index (χ0n) is 12.6. The highest BCUT2D eigenvalue weighted by atomic mass is 15.0. The Hall–Kier alpha value is -2.02. The minimum Gasteiger partial charge on any atom is -0.377 e. The van der Waals surface area contributed by atoms with Crippen LogP contribution in [0.2, 0.25) is 0 Å². The smallest absolute Gasteiger partial charge is 0.0554 e. The van der Waals surface area contributed by atoms with Crippen molar-refractivity contribution >= 4 is 5.69 Å². The summed E-state index contributed by atoms with van der Waals surface area (Å²) in [6.07, 6.45) is 5.96. The van der Waals surface area contributed by atoms with E-state index in [1.807, 2.05) is 0 Å². The zero-order chi connectivity index (χ0) is 14.4. The van der Waals surface area contributed by atoms with E-state index in [9.17, 15) is 0 Å². The number of benzene rings is 2. The molecule has 0 amide bonds. The summed E-state index contributed by atoms with van der Waals surface area (Å²) in [6.45, 7) is 4.46. The molecule has 1 heterocycles. The lowest BCUT2D eigenvalue weighted by atomic mass is 9.75. The highest BCUT2D eigenvalue weighted by molar-refractivity contribution is 5.66. The molecular weight excluding hydrogens is 254 g/mol. The van der Waals surface area contributed by atoms with Crippen LogP contribution in [0.15, 0.2) is 54.6 Å². The van der Waals surface area contributed by atoms with Gasteiger partial charge in [0.1, 0.15) is 0 Å². The van der Waals surface area contributed by atoms with Crippen LogP contribution in [0.25, 0.3) is 0 Å². The quantitative estimate of drug-likeness (QED) is 0.711. The van der Waals surface area contributed by atoms with Crippen LogP contribution in [0.5, 0.6) is 0 Å². The predicted octanol–water partition coefficient (Wildman–Crippen LogP) is 5.13. The van der Waals surface area contributed by atoms with Gasteiger partial charge in [0.15, 0.2) is 0 Å². The van der Waals surface area contributed by atoms with Crippen LogP contribution >= 0.6 is 0 Å². The third kappa shape index (κ3) is 1.91. The summed E-state index contributed by atoms with van der Waals surface area (Å²) in [5, 5.41) is 3.85. The first-order valence-corrected chi connectivity index (χ1v) is 7.84. The summed E-state index contributed by atoms with van der Waals surface area (Å²) in [5.74, 6) is 1.20. The van der Waals surface area contributed by atoms with Gasteiger partial charge in [0.25, 0.3) is 0 Å². The average Bonchev–Trinajstić information content (AvgIpc) is 3.00. The van der Waals surface area contributed by atoms with Crippen molar-refractivity contribution in [3.8, 4) is 0 Å². The van der Waals surface area contributed by atoms with E-state index < -0.39 is 0 Å². The molecule has 3 atom stereocenters. The van der Waals surface area contributed by atoms with Gasteiger partial charge in [-0.15, -0.1) is 0 Å². The normalized spacial score (nSPS) is 26.1. The predicted molar refractivity (Wildman–Crippen MR) is 88.7 cm³/mol. The highest BCUT2D eigenvalue weighted by Crippen LogP contribution is 2.51. The van der Waals surface area contributed by atoms with Crippen LogP contribution in [0.1, 0.15) is 40.6 Å². The van der Waals surface area contributed by atoms with Gasteiger partial charge in [-0.25, -0.2) is 0 Å². The Bertz CT molecular complexity index is 699. The number of hydrogen-bond donors (Lipinski definition) is 1. The van der Waals surface area contributed by atoms with Gasteiger partial charge in [-0.2, -0.15) is 0 Å². The van der Waals surface area contributed by atoms with Crippen LogP contribution in [-0.2, 0) is 0 Å². The Morgan fingerprint density at radius 2 is 1.71 bits per heavy atom. The van der Waals surface area contributed by atoms with Gasteiger partial charge in [-0.3, -0.25) is 0 Å². The van der Waals surface area contributed by atoms with E-state index in [1.165, 1.54) is 34.4 Å². The van der Waals surface area contributed by atoms with Crippen molar-refractivity contribution in [3.05, 3.63) is 76.9 Å².